The van der Waals surface area contributed by atoms with Crippen molar-refractivity contribution < 1.29 is 9.53 Å². The van der Waals surface area contributed by atoms with Crippen LogP contribution < -0.4 is 5.32 Å². The van der Waals surface area contributed by atoms with Crippen LogP contribution in [0.3, 0.4) is 0 Å². The Hall–Kier alpha value is -1.59. The minimum absolute atomic E-state index is 0.263. The van der Waals surface area contributed by atoms with Crippen LogP contribution in [0, 0.1) is 6.92 Å². The number of hydrogen-bond donors (Lipinski definition) is 2. The van der Waals surface area contributed by atoms with Crippen LogP contribution in [0.5, 0.6) is 0 Å². The number of aromatic amines is 1. The van der Waals surface area contributed by atoms with Crippen molar-refractivity contribution in [1.29, 1.82) is 0 Å². The summed E-state index contributed by atoms with van der Waals surface area (Å²) in [5.74, 6) is 1.26. The van der Waals surface area contributed by atoms with Gasteiger partial charge in [0, 0.05) is 0 Å². The summed E-state index contributed by atoms with van der Waals surface area (Å²) >= 11 is 0. The summed E-state index contributed by atoms with van der Waals surface area (Å²) in [6.45, 7) is 7.49. The molecule has 6 heteroatoms. The maximum absolute atomic E-state index is 11.2. The number of amides is 1. The van der Waals surface area contributed by atoms with E-state index in [1.165, 1.54) is 0 Å². The fraction of sp³-hybridized carbons (Fsp3) is 0.667. The first-order valence-corrected chi connectivity index (χ1v) is 4.71. The molecule has 15 heavy (non-hydrogen) atoms. The molecule has 1 aromatic heterocycles. The quantitative estimate of drug-likeness (QED) is 0.770. The molecule has 0 fully saturated rings. The molecule has 6 nitrogen and oxygen atoms in total. The van der Waals surface area contributed by atoms with E-state index in [1.54, 1.807) is 6.92 Å². The highest BCUT2D eigenvalue weighted by atomic mass is 16.6. The fourth-order valence-electron chi connectivity index (χ4n) is 0.933. The SMILES string of the molecule is Cc1nc(CNC(=O)OC(C)(C)C)n[nH]1. The number of aryl methyl sites for hydroxylation is 1. The molecular weight excluding hydrogens is 196 g/mol. The van der Waals surface area contributed by atoms with Crippen LogP contribution in [0.15, 0.2) is 0 Å². The molecule has 0 aliphatic rings. The molecule has 84 valence electrons. The molecule has 0 spiro atoms. The number of nitrogens with zero attached hydrogens (tertiary/aromatic N) is 2. The molecular formula is C9H16N4O2. The third-order valence-electron chi connectivity index (χ3n) is 1.43. The molecule has 0 aliphatic carbocycles. The van der Waals surface area contributed by atoms with Gasteiger partial charge in [0.05, 0.1) is 6.54 Å². The second-order valence-corrected chi connectivity index (χ2v) is 4.19. The van der Waals surface area contributed by atoms with Crippen LogP contribution >= 0.6 is 0 Å². The van der Waals surface area contributed by atoms with E-state index in [9.17, 15) is 4.79 Å². The van der Waals surface area contributed by atoms with Crippen molar-refractivity contribution in [3.63, 3.8) is 0 Å². The predicted octanol–water partition coefficient (Wildman–Crippen LogP) is 1.14. The lowest BCUT2D eigenvalue weighted by Gasteiger charge is -2.19. The Balaban J connectivity index is 2.35. The van der Waals surface area contributed by atoms with Gasteiger partial charge < -0.3 is 10.1 Å². The summed E-state index contributed by atoms with van der Waals surface area (Å²) in [7, 11) is 0. The normalized spacial score (nSPS) is 11.2. The van der Waals surface area contributed by atoms with E-state index in [0.717, 1.165) is 5.82 Å². The van der Waals surface area contributed by atoms with Gasteiger partial charge in [-0.2, -0.15) is 5.10 Å². The first-order chi connectivity index (χ1) is 6.87. The van der Waals surface area contributed by atoms with Gasteiger partial charge in [0.15, 0.2) is 5.82 Å². The number of hydrogen-bond acceptors (Lipinski definition) is 4. The molecule has 0 atom stereocenters. The monoisotopic (exact) mass is 212 g/mol. The highest BCUT2D eigenvalue weighted by molar-refractivity contribution is 5.67. The van der Waals surface area contributed by atoms with E-state index in [1.807, 2.05) is 20.8 Å². The van der Waals surface area contributed by atoms with Gasteiger partial charge in [0.2, 0.25) is 0 Å². The Labute approximate surface area is 88.4 Å². The van der Waals surface area contributed by atoms with Crippen molar-refractivity contribution in [3.05, 3.63) is 11.6 Å². The van der Waals surface area contributed by atoms with Crippen LogP contribution in [0.25, 0.3) is 0 Å². The summed E-state index contributed by atoms with van der Waals surface area (Å²) in [6, 6.07) is 0. The molecule has 0 saturated heterocycles. The minimum atomic E-state index is -0.487. The molecule has 1 rings (SSSR count). The molecule has 0 unspecified atom stereocenters. The third kappa shape index (κ3) is 4.44. The zero-order valence-electron chi connectivity index (χ0n) is 9.42. The Morgan fingerprint density at radius 2 is 2.20 bits per heavy atom. The highest BCUT2D eigenvalue weighted by Gasteiger charge is 2.16. The van der Waals surface area contributed by atoms with E-state index < -0.39 is 11.7 Å². The summed E-state index contributed by atoms with van der Waals surface area (Å²) in [5.41, 5.74) is -0.487. The van der Waals surface area contributed by atoms with E-state index in [2.05, 4.69) is 20.5 Å². The molecule has 0 aliphatic heterocycles. The van der Waals surface area contributed by atoms with Gasteiger partial charge >= 0.3 is 6.09 Å². The molecule has 0 bridgehead atoms. The van der Waals surface area contributed by atoms with Crippen molar-refractivity contribution in [3.8, 4) is 0 Å². The predicted molar refractivity (Wildman–Crippen MR) is 54.2 cm³/mol. The van der Waals surface area contributed by atoms with Crippen LogP contribution in [0.1, 0.15) is 32.4 Å². The number of alkyl carbamates (subject to hydrolysis) is 1. The molecule has 1 amide bonds. The van der Waals surface area contributed by atoms with Gasteiger partial charge in [-0.15, -0.1) is 0 Å². The first-order valence-electron chi connectivity index (χ1n) is 4.71. The second-order valence-electron chi connectivity index (χ2n) is 4.19. The second kappa shape index (κ2) is 4.29. The molecule has 0 radical (unpaired) electrons. The Bertz CT molecular complexity index is 340. The Morgan fingerprint density at radius 1 is 1.53 bits per heavy atom. The fourth-order valence-corrected chi connectivity index (χ4v) is 0.933. The van der Waals surface area contributed by atoms with E-state index in [-0.39, 0.29) is 6.54 Å². The van der Waals surface area contributed by atoms with Gasteiger partial charge in [-0.1, -0.05) is 0 Å². The Kier molecular flexibility index (Phi) is 3.28. The first kappa shape index (κ1) is 11.5. The third-order valence-corrected chi connectivity index (χ3v) is 1.43. The van der Waals surface area contributed by atoms with Crippen molar-refractivity contribution >= 4 is 6.09 Å². The lowest BCUT2D eigenvalue weighted by Crippen LogP contribution is -2.32. The van der Waals surface area contributed by atoms with Crippen molar-refractivity contribution in [2.45, 2.75) is 39.8 Å². The Morgan fingerprint density at radius 3 is 2.67 bits per heavy atom. The number of rotatable bonds is 2. The average molecular weight is 212 g/mol. The maximum atomic E-state index is 11.2. The highest BCUT2D eigenvalue weighted by Crippen LogP contribution is 2.06. The minimum Gasteiger partial charge on any atom is -0.444 e. The average Bonchev–Trinajstić information content (AvgIpc) is 2.45. The lowest BCUT2D eigenvalue weighted by molar-refractivity contribution is 0.0522. The maximum Gasteiger partial charge on any atom is 0.408 e. The van der Waals surface area contributed by atoms with Gasteiger partial charge in [0.25, 0.3) is 0 Å². The molecule has 1 aromatic rings. The van der Waals surface area contributed by atoms with Gasteiger partial charge in [-0.25, -0.2) is 9.78 Å². The van der Waals surface area contributed by atoms with Crippen molar-refractivity contribution in [1.82, 2.24) is 20.5 Å². The van der Waals surface area contributed by atoms with E-state index in [4.69, 9.17) is 4.74 Å². The molecule has 0 aromatic carbocycles. The van der Waals surface area contributed by atoms with Gasteiger partial charge in [-0.05, 0) is 27.7 Å². The lowest BCUT2D eigenvalue weighted by atomic mass is 10.2. The standard InChI is InChI=1S/C9H16N4O2/c1-6-11-7(13-12-6)5-10-8(14)15-9(2,3)4/h5H2,1-4H3,(H,10,14)(H,11,12,13). The summed E-state index contributed by atoms with van der Waals surface area (Å²) in [6.07, 6.45) is -0.468. The molecule has 0 saturated carbocycles. The zero-order valence-corrected chi connectivity index (χ0v) is 9.42. The summed E-state index contributed by atoms with van der Waals surface area (Å²) in [4.78, 5) is 15.3. The zero-order chi connectivity index (χ0) is 11.5. The van der Waals surface area contributed by atoms with Crippen LogP contribution in [0.4, 0.5) is 4.79 Å². The topological polar surface area (TPSA) is 79.9 Å². The smallest absolute Gasteiger partial charge is 0.408 e. The number of H-pyrrole nitrogens is 1. The van der Waals surface area contributed by atoms with E-state index >= 15 is 0 Å². The van der Waals surface area contributed by atoms with Crippen LogP contribution in [-0.4, -0.2) is 26.9 Å². The number of ether oxygens (including phenoxy) is 1. The van der Waals surface area contributed by atoms with Crippen LogP contribution in [0.2, 0.25) is 0 Å². The number of nitrogens with one attached hydrogen (secondary N) is 2. The largest absolute Gasteiger partial charge is 0.444 e. The molecule has 2 N–H and O–H groups in total. The number of carbonyl (C=O) groups excluding carboxylic acids is 1. The number of carbonyl (C=O) groups is 1. The summed E-state index contributed by atoms with van der Waals surface area (Å²) < 4.78 is 5.05. The number of aromatic nitrogens is 3. The van der Waals surface area contributed by atoms with Crippen LogP contribution in [-0.2, 0) is 11.3 Å². The van der Waals surface area contributed by atoms with Gasteiger partial charge in [0.1, 0.15) is 11.4 Å². The van der Waals surface area contributed by atoms with Crippen molar-refractivity contribution in [2.24, 2.45) is 0 Å². The van der Waals surface area contributed by atoms with E-state index in [0.29, 0.717) is 5.82 Å². The van der Waals surface area contributed by atoms with Crippen molar-refractivity contribution in [2.75, 3.05) is 0 Å². The van der Waals surface area contributed by atoms with Gasteiger partial charge in [-0.3, -0.25) is 5.10 Å². The molecule has 1 heterocycles. The summed E-state index contributed by atoms with van der Waals surface area (Å²) in [5, 5.41) is 9.13.